The first kappa shape index (κ1) is 29.0. The molecule has 5 aromatic carbocycles. The Morgan fingerprint density at radius 3 is 1.98 bits per heavy atom. The van der Waals surface area contributed by atoms with Gasteiger partial charge < -0.3 is 9.47 Å². The van der Waals surface area contributed by atoms with Crippen molar-refractivity contribution in [2.75, 3.05) is 4.90 Å². The van der Waals surface area contributed by atoms with Crippen LogP contribution in [0.1, 0.15) is 64.0 Å². The lowest BCUT2D eigenvalue weighted by Gasteiger charge is -2.36. The third-order valence-electron chi connectivity index (χ3n) is 10.1. The quantitative estimate of drug-likeness (QED) is 0.193. The average Bonchev–Trinajstić information content (AvgIpc) is 3.51. The summed E-state index contributed by atoms with van der Waals surface area (Å²) in [6.45, 7) is 9.36. The highest BCUT2D eigenvalue weighted by Crippen LogP contribution is 2.52. The number of hydrogen-bond donors (Lipinski definition) is 0. The van der Waals surface area contributed by atoms with E-state index in [0.29, 0.717) is 28.7 Å². The fourth-order valence-electron chi connectivity index (χ4n) is 8.26. The Kier molecular flexibility index (Phi) is 6.83. The monoisotopic (exact) mass is 610 g/mol. The predicted molar refractivity (Wildman–Crippen MR) is 187 cm³/mol. The molecule has 0 saturated heterocycles. The Morgan fingerprint density at radius 2 is 1.33 bits per heavy atom. The van der Waals surface area contributed by atoms with E-state index in [4.69, 9.17) is 0 Å². The Bertz CT molecular complexity index is 2060. The SMILES string of the molecule is CC1CCC2c3cc(CC(C)(C)C)ccc3N(c3cccc(-c4cccc(-n5c6ccc(F)cc6c6cc(F)ccc65)c4)c3)C2C1. The molecule has 1 saturated carbocycles. The van der Waals surface area contributed by atoms with Gasteiger partial charge in [0.15, 0.2) is 0 Å². The maximum absolute atomic E-state index is 14.3. The molecule has 1 aliphatic carbocycles. The highest BCUT2D eigenvalue weighted by molar-refractivity contribution is 6.09. The molecular formula is C42H40F2N2. The van der Waals surface area contributed by atoms with E-state index in [1.807, 2.05) is 0 Å². The first-order valence-corrected chi connectivity index (χ1v) is 16.7. The Labute approximate surface area is 270 Å². The lowest BCUT2D eigenvalue weighted by molar-refractivity contribution is 0.318. The van der Waals surface area contributed by atoms with Gasteiger partial charge in [0.1, 0.15) is 11.6 Å². The fourth-order valence-corrected chi connectivity index (χ4v) is 8.26. The van der Waals surface area contributed by atoms with Gasteiger partial charge in [0.25, 0.3) is 0 Å². The molecule has 2 heterocycles. The molecule has 1 aromatic heterocycles. The van der Waals surface area contributed by atoms with Crippen LogP contribution in [0, 0.1) is 23.0 Å². The van der Waals surface area contributed by atoms with Crippen molar-refractivity contribution >= 4 is 33.2 Å². The number of halogens is 2. The number of anilines is 2. The van der Waals surface area contributed by atoms with E-state index in [1.54, 1.807) is 12.1 Å². The van der Waals surface area contributed by atoms with Gasteiger partial charge in [-0.15, -0.1) is 0 Å². The maximum Gasteiger partial charge on any atom is 0.123 e. The number of nitrogens with zero attached hydrogens (tertiary/aromatic N) is 2. The molecule has 4 heteroatoms. The van der Waals surface area contributed by atoms with Crippen molar-refractivity contribution in [1.29, 1.82) is 0 Å². The van der Waals surface area contributed by atoms with E-state index in [-0.39, 0.29) is 17.0 Å². The van der Waals surface area contributed by atoms with Crippen LogP contribution in [0.4, 0.5) is 20.2 Å². The third-order valence-corrected chi connectivity index (χ3v) is 10.1. The van der Waals surface area contributed by atoms with Crippen LogP contribution in [-0.2, 0) is 6.42 Å². The number of rotatable bonds is 4. The summed E-state index contributed by atoms with van der Waals surface area (Å²) in [6.07, 6.45) is 4.80. The predicted octanol–water partition coefficient (Wildman–Crippen LogP) is 11.7. The van der Waals surface area contributed by atoms with Gasteiger partial charge in [-0.3, -0.25) is 0 Å². The second kappa shape index (κ2) is 10.8. The molecule has 3 unspecified atom stereocenters. The summed E-state index contributed by atoms with van der Waals surface area (Å²) in [5, 5.41) is 1.41. The van der Waals surface area contributed by atoms with Crippen LogP contribution >= 0.6 is 0 Å². The third kappa shape index (κ3) is 4.99. The van der Waals surface area contributed by atoms with Crippen molar-refractivity contribution in [3.8, 4) is 16.8 Å². The molecular weight excluding hydrogens is 570 g/mol. The van der Waals surface area contributed by atoms with Crippen molar-refractivity contribution in [3.05, 3.63) is 126 Å². The summed E-state index contributed by atoms with van der Waals surface area (Å²) in [5.74, 6) is 0.609. The molecule has 0 radical (unpaired) electrons. The van der Waals surface area contributed by atoms with Crippen LogP contribution in [0.2, 0.25) is 0 Å². The topological polar surface area (TPSA) is 8.17 Å². The summed E-state index contributed by atoms with van der Waals surface area (Å²) in [7, 11) is 0. The summed E-state index contributed by atoms with van der Waals surface area (Å²) in [4.78, 5) is 2.62. The van der Waals surface area contributed by atoms with Crippen LogP contribution in [0.25, 0.3) is 38.6 Å². The van der Waals surface area contributed by atoms with Gasteiger partial charge >= 0.3 is 0 Å². The largest absolute Gasteiger partial charge is 0.337 e. The molecule has 0 spiro atoms. The molecule has 1 aliphatic heterocycles. The normalized spacial score (nSPS) is 19.5. The molecule has 1 fully saturated rings. The van der Waals surface area contributed by atoms with Crippen LogP contribution in [0.3, 0.4) is 0 Å². The summed E-state index contributed by atoms with van der Waals surface area (Å²) in [5.41, 5.74) is 10.7. The van der Waals surface area contributed by atoms with Gasteiger partial charge in [0, 0.05) is 39.8 Å². The first-order valence-electron chi connectivity index (χ1n) is 16.7. The lowest BCUT2D eigenvalue weighted by Crippen LogP contribution is -2.35. The van der Waals surface area contributed by atoms with Gasteiger partial charge in [-0.1, -0.05) is 64.1 Å². The van der Waals surface area contributed by atoms with E-state index in [9.17, 15) is 8.78 Å². The zero-order valence-corrected chi connectivity index (χ0v) is 27.0. The molecule has 6 aromatic rings. The molecule has 0 bridgehead atoms. The van der Waals surface area contributed by atoms with Crippen LogP contribution in [0.15, 0.2) is 103 Å². The molecule has 2 nitrogen and oxygen atoms in total. The first-order chi connectivity index (χ1) is 22.1. The van der Waals surface area contributed by atoms with E-state index in [0.717, 1.165) is 34.3 Å². The van der Waals surface area contributed by atoms with Crippen LogP contribution in [0.5, 0.6) is 0 Å². The molecule has 232 valence electrons. The minimum absolute atomic E-state index is 0.251. The van der Waals surface area contributed by atoms with Gasteiger partial charge in [0.2, 0.25) is 0 Å². The Hall–Kier alpha value is -4.44. The van der Waals surface area contributed by atoms with E-state index in [1.165, 1.54) is 66.0 Å². The zero-order valence-electron chi connectivity index (χ0n) is 27.0. The van der Waals surface area contributed by atoms with Crippen molar-refractivity contribution < 1.29 is 8.78 Å². The molecule has 3 atom stereocenters. The summed E-state index contributed by atoms with van der Waals surface area (Å²) < 4.78 is 30.8. The van der Waals surface area contributed by atoms with Crippen LogP contribution < -0.4 is 4.90 Å². The number of benzene rings is 5. The van der Waals surface area contributed by atoms with Gasteiger partial charge in [0.05, 0.1) is 11.0 Å². The molecule has 0 amide bonds. The molecule has 0 N–H and O–H groups in total. The van der Waals surface area contributed by atoms with Gasteiger partial charge in [-0.05, 0) is 126 Å². The average molecular weight is 611 g/mol. The van der Waals surface area contributed by atoms with Gasteiger partial charge in [-0.2, -0.15) is 0 Å². The van der Waals surface area contributed by atoms with E-state index in [2.05, 4.69) is 104 Å². The minimum atomic E-state index is -0.329. The second-order valence-corrected chi connectivity index (χ2v) is 14.9. The number of aromatic nitrogens is 1. The van der Waals surface area contributed by atoms with Crippen molar-refractivity contribution in [2.24, 2.45) is 11.3 Å². The fraction of sp³-hybridized carbons (Fsp3) is 0.286. The summed E-state index contributed by atoms with van der Waals surface area (Å²) >= 11 is 0. The van der Waals surface area contributed by atoms with Gasteiger partial charge in [-0.25, -0.2) is 8.78 Å². The van der Waals surface area contributed by atoms with E-state index >= 15 is 0 Å². The zero-order chi connectivity index (χ0) is 31.7. The number of fused-ring (bicyclic) bond motifs is 6. The smallest absolute Gasteiger partial charge is 0.123 e. The minimum Gasteiger partial charge on any atom is -0.337 e. The van der Waals surface area contributed by atoms with Crippen molar-refractivity contribution in [3.63, 3.8) is 0 Å². The summed E-state index contributed by atoms with van der Waals surface area (Å²) in [6, 6.07) is 34.6. The highest BCUT2D eigenvalue weighted by atomic mass is 19.1. The lowest BCUT2D eigenvalue weighted by atomic mass is 9.77. The van der Waals surface area contributed by atoms with Crippen LogP contribution in [-0.4, -0.2) is 10.6 Å². The van der Waals surface area contributed by atoms with E-state index < -0.39 is 0 Å². The Balaban J connectivity index is 1.21. The second-order valence-electron chi connectivity index (χ2n) is 14.9. The molecule has 2 aliphatic rings. The maximum atomic E-state index is 14.3. The number of hydrogen-bond acceptors (Lipinski definition) is 1. The van der Waals surface area contributed by atoms with Crippen molar-refractivity contribution in [1.82, 2.24) is 4.57 Å². The Morgan fingerprint density at radius 1 is 0.696 bits per heavy atom. The van der Waals surface area contributed by atoms with Crippen molar-refractivity contribution in [2.45, 2.75) is 65.3 Å². The highest BCUT2D eigenvalue weighted by Gasteiger charge is 2.42. The molecule has 46 heavy (non-hydrogen) atoms. The standard InChI is InChI=1S/C42H40F2N2/c1-26-11-15-34-35-20-27(25-42(2,3)4)12-16-38(35)46(41(34)19-26)33-10-6-8-29(22-33)28-7-5-9-32(21-28)45-39-17-13-30(43)23-36(39)37-24-31(44)14-18-40(37)45/h5-10,12-14,16-18,20-24,26,34,41H,11,15,19,25H2,1-4H3. The molecule has 8 rings (SSSR count).